The van der Waals surface area contributed by atoms with E-state index in [0.717, 1.165) is 18.8 Å². The number of imidazole rings is 1. The van der Waals surface area contributed by atoms with Crippen molar-refractivity contribution in [2.24, 2.45) is 0 Å². The molecule has 0 unspecified atom stereocenters. The Labute approximate surface area is 94.0 Å². The molecule has 0 radical (unpaired) electrons. The molecule has 2 aromatic rings. The molecule has 0 aliphatic rings. The van der Waals surface area contributed by atoms with Crippen molar-refractivity contribution in [3.63, 3.8) is 0 Å². The molecule has 0 atom stereocenters. The number of hydrogen-bond acceptors (Lipinski definition) is 2. The molecule has 0 spiro atoms. The molecule has 2 rings (SSSR count). The van der Waals surface area contributed by atoms with Crippen molar-refractivity contribution >= 4 is 0 Å². The van der Waals surface area contributed by atoms with Gasteiger partial charge in [-0.15, -0.1) is 0 Å². The zero-order chi connectivity index (χ0) is 11.4. The van der Waals surface area contributed by atoms with Gasteiger partial charge in [-0.05, 0) is 18.6 Å². The first-order valence-corrected chi connectivity index (χ1v) is 5.40. The third kappa shape index (κ3) is 2.45. The van der Waals surface area contributed by atoms with Crippen molar-refractivity contribution < 1.29 is 4.39 Å². The lowest BCUT2D eigenvalue weighted by Gasteiger charge is -2.05. The van der Waals surface area contributed by atoms with Crippen molar-refractivity contribution in [2.75, 3.05) is 0 Å². The standard InChI is InChI=1S/C12H14FN3/c1-2-6-16-7-5-15-12(16)9-11-8-10(13)3-4-14-11/h3-5,7-8H,2,6,9H2,1H3. The van der Waals surface area contributed by atoms with Crippen LogP contribution in [0.3, 0.4) is 0 Å². The maximum Gasteiger partial charge on any atom is 0.126 e. The highest BCUT2D eigenvalue weighted by Crippen LogP contribution is 2.07. The van der Waals surface area contributed by atoms with Crippen molar-refractivity contribution in [3.8, 4) is 0 Å². The molecule has 0 saturated heterocycles. The number of pyridine rings is 1. The molecule has 0 aliphatic heterocycles. The van der Waals surface area contributed by atoms with Gasteiger partial charge < -0.3 is 4.57 Å². The van der Waals surface area contributed by atoms with Crippen LogP contribution in [0.15, 0.2) is 30.7 Å². The minimum Gasteiger partial charge on any atom is -0.335 e. The van der Waals surface area contributed by atoms with Crippen molar-refractivity contribution in [1.29, 1.82) is 0 Å². The van der Waals surface area contributed by atoms with Gasteiger partial charge in [0.25, 0.3) is 0 Å². The van der Waals surface area contributed by atoms with E-state index in [9.17, 15) is 4.39 Å². The average molecular weight is 219 g/mol. The minimum absolute atomic E-state index is 0.251. The van der Waals surface area contributed by atoms with Gasteiger partial charge in [-0.25, -0.2) is 9.37 Å². The average Bonchev–Trinajstić information content (AvgIpc) is 2.66. The Morgan fingerprint density at radius 1 is 1.31 bits per heavy atom. The summed E-state index contributed by atoms with van der Waals surface area (Å²) in [6.45, 7) is 3.05. The Morgan fingerprint density at radius 3 is 2.94 bits per heavy atom. The molecule has 3 nitrogen and oxygen atoms in total. The van der Waals surface area contributed by atoms with E-state index in [2.05, 4.69) is 21.5 Å². The second kappa shape index (κ2) is 4.88. The van der Waals surface area contributed by atoms with Gasteiger partial charge >= 0.3 is 0 Å². The van der Waals surface area contributed by atoms with Crippen LogP contribution in [0.25, 0.3) is 0 Å². The van der Waals surface area contributed by atoms with Crippen molar-refractivity contribution in [2.45, 2.75) is 26.3 Å². The zero-order valence-corrected chi connectivity index (χ0v) is 9.23. The Kier molecular flexibility index (Phi) is 3.29. The largest absolute Gasteiger partial charge is 0.335 e. The summed E-state index contributed by atoms with van der Waals surface area (Å²) in [6, 6.07) is 2.80. The zero-order valence-electron chi connectivity index (χ0n) is 9.23. The second-order valence-corrected chi connectivity index (χ2v) is 3.68. The summed E-state index contributed by atoms with van der Waals surface area (Å²) in [7, 11) is 0. The van der Waals surface area contributed by atoms with Crippen molar-refractivity contribution in [3.05, 3.63) is 48.1 Å². The van der Waals surface area contributed by atoms with Gasteiger partial charge in [0.15, 0.2) is 0 Å². The Bertz CT molecular complexity index is 465. The maximum absolute atomic E-state index is 13.0. The van der Waals surface area contributed by atoms with Gasteiger partial charge in [-0.1, -0.05) is 6.92 Å². The molecular formula is C12H14FN3. The van der Waals surface area contributed by atoms with E-state index < -0.39 is 0 Å². The lowest BCUT2D eigenvalue weighted by molar-refractivity contribution is 0.618. The predicted molar refractivity (Wildman–Crippen MR) is 59.5 cm³/mol. The SMILES string of the molecule is CCCn1ccnc1Cc1cc(F)ccn1. The summed E-state index contributed by atoms with van der Waals surface area (Å²) < 4.78 is 15.1. The topological polar surface area (TPSA) is 30.7 Å². The van der Waals surface area contributed by atoms with Crippen LogP contribution in [0.4, 0.5) is 4.39 Å². The number of aromatic nitrogens is 3. The summed E-state index contributed by atoms with van der Waals surface area (Å²) in [6.07, 6.45) is 6.82. The van der Waals surface area contributed by atoms with Crippen LogP contribution in [0, 0.1) is 5.82 Å². The molecule has 0 bridgehead atoms. The normalized spacial score (nSPS) is 10.6. The van der Waals surface area contributed by atoms with Gasteiger partial charge in [-0.2, -0.15) is 0 Å². The fourth-order valence-electron chi connectivity index (χ4n) is 1.66. The van der Waals surface area contributed by atoms with Crippen LogP contribution in [0.2, 0.25) is 0 Å². The molecule has 0 aromatic carbocycles. The van der Waals surface area contributed by atoms with E-state index in [1.54, 1.807) is 6.20 Å². The van der Waals surface area contributed by atoms with E-state index in [-0.39, 0.29) is 5.82 Å². The van der Waals surface area contributed by atoms with Crippen LogP contribution in [0.5, 0.6) is 0 Å². The van der Waals surface area contributed by atoms with E-state index in [4.69, 9.17) is 0 Å². The highest BCUT2D eigenvalue weighted by Gasteiger charge is 2.05. The van der Waals surface area contributed by atoms with Gasteiger partial charge in [0.2, 0.25) is 0 Å². The van der Waals surface area contributed by atoms with Crippen molar-refractivity contribution in [1.82, 2.24) is 14.5 Å². The Morgan fingerprint density at radius 2 is 2.19 bits per heavy atom. The van der Waals surface area contributed by atoms with Gasteiger partial charge in [0, 0.05) is 31.6 Å². The second-order valence-electron chi connectivity index (χ2n) is 3.68. The van der Waals surface area contributed by atoms with E-state index in [1.165, 1.54) is 18.3 Å². The van der Waals surface area contributed by atoms with Crippen LogP contribution in [-0.2, 0) is 13.0 Å². The molecular weight excluding hydrogens is 205 g/mol. The number of rotatable bonds is 4. The predicted octanol–water partition coefficient (Wildman–Crippen LogP) is 2.42. The Hall–Kier alpha value is -1.71. The third-order valence-corrected chi connectivity index (χ3v) is 2.38. The molecule has 2 heterocycles. The Balaban J connectivity index is 2.17. The molecule has 0 amide bonds. The maximum atomic E-state index is 13.0. The lowest BCUT2D eigenvalue weighted by atomic mass is 10.2. The quantitative estimate of drug-likeness (QED) is 0.790. The summed E-state index contributed by atoms with van der Waals surface area (Å²) in [5, 5.41) is 0. The first-order chi connectivity index (χ1) is 7.79. The molecule has 0 N–H and O–H groups in total. The van der Waals surface area contributed by atoms with E-state index >= 15 is 0 Å². The number of halogens is 1. The van der Waals surface area contributed by atoms with Crippen LogP contribution < -0.4 is 0 Å². The smallest absolute Gasteiger partial charge is 0.126 e. The number of hydrogen-bond donors (Lipinski definition) is 0. The molecule has 0 saturated carbocycles. The fraction of sp³-hybridized carbons (Fsp3) is 0.333. The molecule has 0 aliphatic carbocycles. The highest BCUT2D eigenvalue weighted by atomic mass is 19.1. The molecule has 0 fully saturated rings. The summed E-state index contributed by atoms with van der Waals surface area (Å²) in [5.41, 5.74) is 0.712. The van der Waals surface area contributed by atoms with Gasteiger partial charge in [0.1, 0.15) is 11.6 Å². The van der Waals surface area contributed by atoms with Gasteiger partial charge in [-0.3, -0.25) is 4.98 Å². The van der Waals surface area contributed by atoms with Gasteiger partial charge in [0.05, 0.1) is 5.69 Å². The molecule has 4 heteroatoms. The molecule has 16 heavy (non-hydrogen) atoms. The van der Waals surface area contributed by atoms with Crippen LogP contribution >= 0.6 is 0 Å². The first-order valence-electron chi connectivity index (χ1n) is 5.40. The lowest BCUT2D eigenvalue weighted by Crippen LogP contribution is -2.04. The summed E-state index contributed by atoms with van der Waals surface area (Å²) in [4.78, 5) is 8.38. The highest BCUT2D eigenvalue weighted by molar-refractivity contribution is 5.12. The fourth-order valence-corrected chi connectivity index (χ4v) is 1.66. The van der Waals surface area contributed by atoms with E-state index in [1.807, 2.05) is 6.20 Å². The van der Waals surface area contributed by atoms with Crippen LogP contribution in [0.1, 0.15) is 24.9 Å². The molecule has 2 aromatic heterocycles. The minimum atomic E-state index is -0.251. The third-order valence-electron chi connectivity index (χ3n) is 2.38. The first kappa shape index (κ1) is 10.8. The summed E-state index contributed by atoms with van der Waals surface area (Å²) in [5.74, 6) is 0.679. The molecule has 84 valence electrons. The number of nitrogens with zero attached hydrogens (tertiary/aromatic N) is 3. The van der Waals surface area contributed by atoms with E-state index in [0.29, 0.717) is 12.1 Å². The monoisotopic (exact) mass is 219 g/mol. The summed E-state index contributed by atoms with van der Waals surface area (Å²) >= 11 is 0. The van der Waals surface area contributed by atoms with Crippen LogP contribution in [-0.4, -0.2) is 14.5 Å². The number of aryl methyl sites for hydroxylation is 1.